The third-order valence-electron chi connectivity index (χ3n) is 2.11. The SMILES string of the molecule is Cc1cc2c(Cl)cccc2cc1Cl. The molecular formula is C11H8Cl2. The van der Waals surface area contributed by atoms with Gasteiger partial charge in [0.15, 0.2) is 0 Å². The average molecular weight is 211 g/mol. The molecule has 0 spiro atoms. The van der Waals surface area contributed by atoms with Crippen molar-refractivity contribution in [3.05, 3.63) is 45.9 Å². The molecule has 13 heavy (non-hydrogen) atoms. The number of fused-ring (bicyclic) bond motifs is 1. The topological polar surface area (TPSA) is 0 Å². The summed E-state index contributed by atoms with van der Waals surface area (Å²) in [5.41, 5.74) is 1.06. The predicted octanol–water partition coefficient (Wildman–Crippen LogP) is 4.46. The van der Waals surface area contributed by atoms with Crippen molar-refractivity contribution in [1.82, 2.24) is 0 Å². The summed E-state index contributed by atoms with van der Waals surface area (Å²) in [5, 5.41) is 3.71. The molecule has 0 radical (unpaired) electrons. The molecule has 0 bridgehead atoms. The Labute approximate surface area is 87.1 Å². The second kappa shape index (κ2) is 3.21. The van der Waals surface area contributed by atoms with E-state index in [1.807, 2.05) is 37.3 Å². The number of aryl methyl sites for hydroxylation is 1. The fourth-order valence-corrected chi connectivity index (χ4v) is 1.78. The van der Waals surface area contributed by atoms with E-state index in [4.69, 9.17) is 23.2 Å². The molecule has 0 saturated heterocycles. The summed E-state index contributed by atoms with van der Waals surface area (Å²) in [5.74, 6) is 0. The van der Waals surface area contributed by atoms with Gasteiger partial charge in [0.05, 0.1) is 0 Å². The van der Waals surface area contributed by atoms with Crippen LogP contribution in [0.2, 0.25) is 10.0 Å². The summed E-state index contributed by atoms with van der Waals surface area (Å²) >= 11 is 12.0. The minimum Gasteiger partial charge on any atom is -0.0840 e. The molecule has 0 amide bonds. The maximum atomic E-state index is 6.04. The Morgan fingerprint density at radius 2 is 1.77 bits per heavy atom. The first kappa shape index (κ1) is 8.86. The van der Waals surface area contributed by atoms with Crippen LogP contribution in [0.1, 0.15) is 5.56 Å². The lowest BCUT2D eigenvalue weighted by Gasteiger charge is -2.03. The van der Waals surface area contributed by atoms with Crippen LogP contribution in [0.4, 0.5) is 0 Å². The average Bonchev–Trinajstić information content (AvgIpc) is 2.09. The maximum Gasteiger partial charge on any atom is 0.0484 e. The summed E-state index contributed by atoms with van der Waals surface area (Å²) in [6.07, 6.45) is 0. The Kier molecular flexibility index (Phi) is 2.19. The first-order valence-electron chi connectivity index (χ1n) is 4.03. The summed E-state index contributed by atoms with van der Waals surface area (Å²) in [4.78, 5) is 0. The minimum absolute atomic E-state index is 0.775. The van der Waals surface area contributed by atoms with Gasteiger partial charge < -0.3 is 0 Å². The Morgan fingerprint density at radius 1 is 1.00 bits per heavy atom. The van der Waals surface area contributed by atoms with Crippen LogP contribution in [0.5, 0.6) is 0 Å². The molecule has 0 unspecified atom stereocenters. The fraction of sp³-hybridized carbons (Fsp3) is 0.0909. The molecule has 0 aliphatic rings. The maximum absolute atomic E-state index is 6.04. The number of hydrogen-bond acceptors (Lipinski definition) is 0. The first-order valence-corrected chi connectivity index (χ1v) is 4.78. The van der Waals surface area contributed by atoms with Gasteiger partial charge in [0.25, 0.3) is 0 Å². The smallest absolute Gasteiger partial charge is 0.0484 e. The highest BCUT2D eigenvalue weighted by Crippen LogP contribution is 2.28. The van der Waals surface area contributed by atoms with Crippen molar-refractivity contribution in [1.29, 1.82) is 0 Å². The van der Waals surface area contributed by atoms with E-state index < -0.39 is 0 Å². The van der Waals surface area contributed by atoms with E-state index in [0.29, 0.717) is 0 Å². The van der Waals surface area contributed by atoms with Gasteiger partial charge in [-0.3, -0.25) is 0 Å². The highest BCUT2D eigenvalue weighted by atomic mass is 35.5. The van der Waals surface area contributed by atoms with Gasteiger partial charge in [-0.05, 0) is 36.1 Å². The molecule has 0 heterocycles. The van der Waals surface area contributed by atoms with Crippen molar-refractivity contribution in [2.75, 3.05) is 0 Å². The standard InChI is InChI=1S/C11H8Cl2/c1-7-5-9-8(6-11(7)13)3-2-4-10(9)12/h2-6H,1H3. The molecule has 0 N–H and O–H groups in total. The second-order valence-electron chi connectivity index (χ2n) is 3.06. The lowest BCUT2D eigenvalue weighted by Crippen LogP contribution is -1.78. The monoisotopic (exact) mass is 210 g/mol. The van der Waals surface area contributed by atoms with Crippen molar-refractivity contribution < 1.29 is 0 Å². The highest BCUT2D eigenvalue weighted by molar-refractivity contribution is 6.36. The van der Waals surface area contributed by atoms with Crippen molar-refractivity contribution in [3.63, 3.8) is 0 Å². The first-order chi connectivity index (χ1) is 6.18. The zero-order chi connectivity index (χ0) is 9.42. The third kappa shape index (κ3) is 1.52. The van der Waals surface area contributed by atoms with Crippen molar-refractivity contribution >= 4 is 34.0 Å². The largest absolute Gasteiger partial charge is 0.0840 e. The summed E-state index contributed by atoms with van der Waals surface area (Å²) in [7, 11) is 0. The van der Waals surface area contributed by atoms with E-state index in [1.165, 1.54) is 0 Å². The fourth-order valence-electron chi connectivity index (χ4n) is 1.37. The van der Waals surface area contributed by atoms with Crippen LogP contribution in [0.25, 0.3) is 10.8 Å². The normalized spacial score (nSPS) is 10.7. The zero-order valence-electron chi connectivity index (χ0n) is 7.14. The van der Waals surface area contributed by atoms with Crippen LogP contribution in [-0.4, -0.2) is 0 Å². The molecule has 2 heteroatoms. The Bertz CT molecular complexity index is 461. The molecule has 0 nitrogen and oxygen atoms in total. The third-order valence-corrected chi connectivity index (χ3v) is 2.84. The number of benzene rings is 2. The zero-order valence-corrected chi connectivity index (χ0v) is 8.65. The van der Waals surface area contributed by atoms with E-state index in [-0.39, 0.29) is 0 Å². The van der Waals surface area contributed by atoms with Crippen LogP contribution in [0, 0.1) is 6.92 Å². The van der Waals surface area contributed by atoms with Gasteiger partial charge in [0.1, 0.15) is 0 Å². The van der Waals surface area contributed by atoms with Crippen LogP contribution in [-0.2, 0) is 0 Å². The van der Waals surface area contributed by atoms with E-state index >= 15 is 0 Å². The quantitative estimate of drug-likeness (QED) is 0.603. The summed E-state index contributed by atoms with van der Waals surface area (Å²) < 4.78 is 0. The molecular weight excluding hydrogens is 203 g/mol. The lowest BCUT2D eigenvalue weighted by molar-refractivity contribution is 1.50. The number of hydrogen-bond donors (Lipinski definition) is 0. The van der Waals surface area contributed by atoms with Crippen molar-refractivity contribution in [2.24, 2.45) is 0 Å². The van der Waals surface area contributed by atoms with Crippen LogP contribution < -0.4 is 0 Å². The number of halogens is 2. The lowest BCUT2D eigenvalue weighted by atomic mass is 10.1. The van der Waals surface area contributed by atoms with Crippen molar-refractivity contribution in [3.8, 4) is 0 Å². The molecule has 0 aromatic heterocycles. The Morgan fingerprint density at radius 3 is 2.54 bits per heavy atom. The summed E-state index contributed by atoms with van der Waals surface area (Å²) in [6, 6.07) is 9.78. The predicted molar refractivity (Wildman–Crippen MR) is 58.7 cm³/mol. The van der Waals surface area contributed by atoms with Gasteiger partial charge in [-0.1, -0.05) is 35.3 Å². The van der Waals surface area contributed by atoms with E-state index in [9.17, 15) is 0 Å². The van der Waals surface area contributed by atoms with E-state index in [0.717, 1.165) is 26.4 Å². The number of rotatable bonds is 0. The molecule has 0 aliphatic carbocycles. The van der Waals surface area contributed by atoms with Crippen LogP contribution in [0.15, 0.2) is 30.3 Å². The van der Waals surface area contributed by atoms with Crippen molar-refractivity contribution in [2.45, 2.75) is 6.92 Å². The molecule has 2 rings (SSSR count). The van der Waals surface area contributed by atoms with E-state index in [1.54, 1.807) is 0 Å². The van der Waals surface area contributed by atoms with E-state index in [2.05, 4.69) is 0 Å². The highest BCUT2D eigenvalue weighted by Gasteiger charge is 2.01. The summed E-state index contributed by atoms with van der Waals surface area (Å²) in [6.45, 7) is 1.98. The molecule has 2 aromatic rings. The Balaban J connectivity index is 2.89. The van der Waals surface area contributed by atoms with Gasteiger partial charge in [-0.15, -0.1) is 0 Å². The van der Waals surface area contributed by atoms with Gasteiger partial charge in [0.2, 0.25) is 0 Å². The molecule has 66 valence electrons. The van der Waals surface area contributed by atoms with Gasteiger partial charge >= 0.3 is 0 Å². The minimum atomic E-state index is 0.775. The Hall–Kier alpha value is -0.720. The molecule has 0 atom stereocenters. The van der Waals surface area contributed by atoms with Gasteiger partial charge in [0, 0.05) is 15.4 Å². The van der Waals surface area contributed by atoms with Gasteiger partial charge in [-0.25, -0.2) is 0 Å². The molecule has 2 aromatic carbocycles. The molecule has 0 aliphatic heterocycles. The molecule has 0 saturated carbocycles. The van der Waals surface area contributed by atoms with Crippen LogP contribution in [0.3, 0.4) is 0 Å². The second-order valence-corrected chi connectivity index (χ2v) is 3.88. The van der Waals surface area contributed by atoms with Gasteiger partial charge in [-0.2, -0.15) is 0 Å². The van der Waals surface area contributed by atoms with Crippen LogP contribution >= 0.6 is 23.2 Å². The molecule has 0 fully saturated rings.